The molecule has 36 heavy (non-hydrogen) atoms. The molecular formula is C21H29N6NaO7S. The van der Waals surface area contributed by atoms with Crippen LogP contribution in [0.5, 0.6) is 0 Å². The molecule has 0 amide bonds. The number of aromatic nitrogens is 6. The maximum absolute atomic E-state index is 12.8. The van der Waals surface area contributed by atoms with Crippen molar-refractivity contribution in [2.75, 3.05) is 0 Å². The average molecular weight is 533 g/mol. The molecule has 192 valence electrons. The number of ether oxygens (including phenoxy) is 2. The number of hydrogen-bond acceptors (Lipinski definition) is 11. The van der Waals surface area contributed by atoms with E-state index in [0.717, 1.165) is 19.4 Å². The van der Waals surface area contributed by atoms with Crippen LogP contribution >= 0.6 is 0 Å². The Labute approximate surface area is 232 Å². The summed E-state index contributed by atoms with van der Waals surface area (Å²) in [6, 6.07) is 0. The van der Waals surface area contributed by atoms with E-state index in [4.69, 9.17) is 22.1 Å². The van der Waals surface area contributed by atoms with E-state index >= 15 is 0 Å². The first-order valence-electron chi connectivity index (χ1n) is 11.1. The second-order valence-electron chi connectivity index (χ2n) is 7.91. The van der Waals surface area contributed by atoms with Crippen LogP contribution in [0.25, 0.3) is 0 Å². The number of nitrogens with zero attached hydrogens (tertiary/aromatic N) is 6. The van der Waals surface area contributed by atoms with Gasteiger partial charge in [0.1, 0.15) is 24.6 Å². The van der Waals surface area contributed by atoms with Crippen molar-refractivity contribution in [1.29, 1.82) is 0 Å². The molecule has 0 aromatic carbocycles. The van der Waals surface area contributed by atoms with Crippen LogP contribution in [0.2, 0.25) is 0 Å². The summed E-state index contributed by atoms with van der Waals surface area (Å²) in [4.78, 5) is 25.5. The molecule has 0 saturated carbocycles. The van der Waals surface area contributed by atoms with E-state index in [2.05, 4.69) is 34.5 Å². The molecule has 1 aliphatic rings. The fourth-order valence-electron chi connectivity index (χ4n) is 3.32. The second kappa shape index (κ2) is 15.6. The number of aryl methyl sites for hydroxylation is 2. The molecular weight excluding hydrogens is 503 g/mol. The molecule has 3 rings (SSSR count). The number of unbranched alkanes of at least 4 members (excludes halogenated alkanes) is 1. The van der Waals surface area contributed by atoms with E-state index in [0.29, 0.717) is 24.4 Å². The zero-order chi connectivity index (χ0) is 26.0. The van der Waals surface area contributed by atoms with Gasteiger partial charge in [-0.15, -0.1) is 22.8 Å². The van der Waals surface area contributed by atoms with Crippen molar-refractivity contribution in [1.82, 2.24) is 30.0 Å². The van der Waals surface area contributed by atoms with Crippen LogP contribution in [-0.4, -0.2) is 54.4 Å². The zero-order valence-corrected chi connectivity index (χ0v) is 23.7. The monoisotopic (exact) mass is 532 g/mol. The molecule has 2 atom stereocenters. The average Bonchev–Trinajstić information content (AvgIpc) is 3.51. The summed E-state index contributed by atoms with van der Waals surface area (Å²) in [5, 5.41) is 16.1. The van der Waals surface area contributed by atoms with Crippen molar-refractivity contribution >= 4 is 22.4 Å². The SMILES string of the molecule is O=S(=O)=O.[CH2-]CCn1cc(COC(=O)C2=C(OCc3cn(CCCC)nn3)C(=O)C(C)C2C)nn1.[Na+]. The molecule has 0 spiro atoms. The Morgan fingerprint density at radius 3 is 2.14 bits per heavy atom. The molecule has 13 nitrogen and oxygen atoms in total. The van der Waals surface area contributed by atoms with Gasteiger partial charge in [0.25, 0.3) is 0 Å². The van der Waals surface area contributed by atoms with E-state index < -0.39 is 16.6 Å². The normalized spacial score (nSPS) is 16.7. The second-order valence-corrected chi connectivity index (χ2v) is 8.31. The van der Waals surface area contributed by atoms with Gasteiger partial charge < -0.3 is 16.4 Å². The molecule has 0 fully saturated rings. The maximum atomic E-state index is 12.8. The van der Waals surface area contributed by atoms with Gasteiger partial charge in [-0.25, -0.2) is 4.79 Å². The first kappa shape index (κ1) is 31.6. The first-order chi connectivity index (χ1) is 16.7. The number of hydrogen-bond donors (Lipinski definition) is 0. The Kier molecular flexibility index (Phi) is 13.7. The summed E-state index contributed by atoms with van der Waals surface area (Å²) in [5.74, 6) is -1.42. The molecule has 0 N–H and O–H groups in total. The maximum Gasteiger partial charge on any atom is 1.00 e. The Morgan fingerprint density at radius 2 is 1.58 bits per heavy atom. The summed E-state index contributed by atoms with van der Waals surface area (Å²) < 4.78 is 39.9. The van der Waals surface area contributed by atoms with E-state index in [1.165, 1.54) is 0 Å². The number of ketones is 1. The molecule has 15 heteroatoms. The molecule has 2 aromatic rings. The first-order valence-corrected chi connectivity index (χ1v) is 12.1. The van der Waals surface area contributed by atoms with Crippen molar-refractivity contribution in [2.45, 2.75) is 66.3 Å². The van der Waals surface area contributed by atoms with Gasteiger partial charge in [0.2, 0.25) is 5.78 Å². The Hall–Kier alpha value is -2.42. The fraction of sp³-hybridized carbons (Fsp3) is 0.571. The van der Waals surface area contributed by atoms with Gasteiger partial charge in [-0.2, -0.15) is 6.42 Å². The van der Waals surface area contributed by atoms with Crippen LogP contribution in [-0.2, 0) is 56.0 Å². The molecule has 0 saturated heterocycles. The van der Waals surface area contributed by atoms with Gasteiger partial charge in [-0.3, -0.25) is 14.2 Å². The number of rotatable bonds is 11. The van der Waals surface area contributed by atoms with Crippen LogP contribution in [0.3, 0.4) is 0 Å². The van der Waals surface area contributed by atoms with Gasteiger partial charge in [0.05, 0.1) is 18.0 Å². The Bertz CT molecular complexity index is 1160. The third kappa shape index (κ3) is 9.22. The molecule has 0 aliphatic heterocycles. The third-order valence-corrected chi connectivity index (χ3v) is 5.32. The van der Waals surface area contributed by atoms with Gasteiger partial charge in [0.15, 0.2) is 5.76 Å². The predicted molar refractivity (Wildman–Crippen MR) is 120 cm³/mol. The number of Topliss-reactive ketones (excluding diaryl/α,β-unsaturated/α-hetero) is 1. The largest absolute Gasteiger partial charge is 1.00 e. The smallest absolute Gasteiger partial charge is 0.483 e. The molecule has 0 bridgehead atoms. The standard InChI is InChI=1S/C21H29N6O4.Na.O3S/c1-5-7-9-27-11-16(22-25-27)12-30-20-18(14(3)15(4)19(20)28)21(29)31-13-17-10-26(8-6-2)24-23-17;;1-4(2)3/h10-11,14-15H,2,5-9,12-13H2,1,3-4H3;;/q-1;+1;. The molecule has 2 heterocycles. The minimum Gasteiger partial charge on any atom is -0.483 e. The summed E-state index contributed by atoms with van der Waals surface area (Å²) in [6.45, 7) is 10.9. The van der Waals surface area contributed by atoms with Crippen molar-refractivity contribution in [3.05, 3.63) is 42.0 Å². The number of allylic oxidation sites excluding steroid dienone is 1. The molecule has 2 aromatic heterocycles. The zero-order valence-electron chi connectivity index (χ0n) is 20.9. The fourth-order valence-corrected chi connectivity index (χ4v) is 3.32. The van der Waals surface area contributed by atoms with E-state index in [9.17, 15) is 9.59 Å². The van der Waals surface area contributed by atoms with E-state index in [1.54, 1.807) is 28.7 Å². The number of carbonyl (C=O) groups excluding carboxylic acids is 2. The summed E-state index contributed by atoms with van der Waals surface area (Å²) >= 11 is 0. The van der Waals surface area contributed by atoms with E-state index in [1.807, 2.05) is 6.92 Å². The molecule has 1 aliphatic carbocycles. The van der Waals surface area contributed by atoms with Crippen LogP contribution in [0.15, 0.2) is 23.7 Å². The van der Waals surface area contributed by atoms with Gasteiger partial charge >= 0.3 is 46.1 Å². The van der Waals surface area contributed by atoms with Crippen molar-refractivity contribution in [3.63, 3.8) is 0 Å². The topological polar surface area (TPSA) is 165 Å². The van der Waals surface area contributed by atoms with Crippen molar-refractivity contribution in [3.8, 4) is 0 Å². The van der Waals surface area contributed by atoms with Gasteiger partial charge in [0, 0.05) is 24.9 Å². The van der Waals surface area contributed by atoms with Crippen LogP contribution in [0.4, 0.5) is 0 Å². The van der Waals surface area contributed by atoms with E-state index in [-0.39, 0.29) is 71.7 Å². The molecule has 2 unspecified atom stereocenters. The minimum atomic E-state index is -3.11. The summed E-state index contributed by atoms with van der Waals surface area (Å²) in [7, 11) is -3.11. The minimum absolute atomic E-state index is 0. The quantitative estimate of drug-likeness (QED) is 0.183. The van der Waals surface area contributed by atoms with Gasteiger partial charge in [-0.1, -0.05) is 37.6 Å². The van der Waals surface area contributed by atoms with Crippen LogP contribution in [0, 0.1) is 18.8 Å². The third-order valence-electron chi connectivity index (χ3n) is 5.32. The van der Waals surface area contributed by atoms with Crippen LogP contribution in [0.1, 0.15) is 51.4 Å². The number of carbonyl (C=O) groups is 2. The molecule has 0 radical (unpaired) electrons. The predicted octanol–water partition coefficient (Wildman–Crippen LogP) is -1.74. The van der Waals surface area contributed by atoms with Crippen molar-refractivity contribution < 1.29 is 61.2 Å². The van der Waals surface area contributed by atoms with Gasteiger partial charge in [-0.05, 0) is 6.42 Å². The summed E-state index contributed by atoms with van der Waals surface area (Å²) in [5.41, 5.74) is 1.37. The summed E-state index contributed by atoms with van der Waals surface area (Å²) in [6.07, 6.45) is 6.23. The Morgan fingerprint density at radius 1 is 1.03 bits per heavy atom. The Balaban J connectivity index is 0.00000120. The van der Waals surface area contributed by atoms with Crippen molar-refractivity contribution in [2.24, 2.45) is 11.8 Å². The van der Waals surface area contributed by atoms with Crippen LogP contribution < -0.4 is 29.6 Å². The number of esters is 1.